The zero-order chi connectivity index (χ0) is 17.5. The van der Waals surface area contributed by atoms with Crippen LogP contribution in [0, 0.1) is 0 Å². The minimum Gasteiger partial charge on any atom is -0.491 e. The molecular weight excluding hydrogens is 324 g/mol. The maximum atomic E-state index is 12.3. The first kappa shape index (κ1) is 18.4. The lowest BCUT2D eigenvalue weighted by molar-refractivity contribution is 0.0831. The highest BCUT2D eigenvalue weighted by Crippen LogP contribution is 2.21. The number of ether oxygens (including phenoxy) is 1. The number of aliphatic hydroxyl groups excluding tert-OH is 1. The van der Waals surface area contributed by atoms with Crippen LogP contribution in [0.1, 0.15) is 22.2 Å². The third kappa shape index (κ3) is 5.33. The molecule has 1 aromatic heterocycles. The maximum absolute atomic E-state index is 12.3. The standard InChI is InChI=1S/C18H24N2O3S/c1-4-13-9-10-24-17(13)18(22)19-14-5-7-16(8-6-14)23-12-15(21)11-20(2)3/h5-10,15,21H,4,11-12H2,1-3H3,(H,19,22). The molecule has 0 saturated heterocycles. The molecule has 2 aromatic rings. The second-order valence-electron chi connectivity index (χ2n) is 5.83. The molecule has 0 spiro atoms. The zero-order valence-corrected chi connectivity index (χ0v) is 15.1. The van der Waals surface area contributed by atoms with E-state index in [0.29, 0.717) is 12.3 Å². The maximum Gasteiger partial charge on any atom is 0.266 e. The SMILES string of the molecule is CCc1ccsc1C(=O)Nc1ccc(OCC(O)CN(C)C)cc1. The van der Waals surface area contributed by atoms with E-state index in [1.165, 1.54) is 11.3 Å². The van der Waals surface area contributed by atoms with Gasteiger partial charge in [0.1, 0.15) is 18.5 Å². The molecule has 130 valence electrons. The number of thiophene rings is 1. The highest BCUT2D eigenvalue weighted by atomic mass is 32.1. The van der Waals surface area contributed by atoms with Crippen LogP contribution in [0.25, 0.3) is 0 Å². The molecule has 1 atom stereocenters. The molecule has 24 heavy (non-hydrogen) atoms. The molecule has 5 nitrogen and oxygen atoms in total. The molecule has 2 N–H and O–H groups in total. The number of carbonyl (C=O) groups excluding carboxylic acids is 1. The highest BCUT2D eigenvalue weighted by molar-refractivity contribution is 7.12. The van der Waals surface area contributed by atoms with Crippen LogP contribution in [0.15, 0.2) is 35.7 Å². The Morgan fingerprint density at radius 2 is 2.00 bits per heavy atom. The topological polar surface area (TPSA) is 61.8 Å². The first-order chi connectivity index (χ1) is 11.5. The van der Waals surface area contributed by atoms with E-state index in [4.69, 9.17) is 4.74 Å². The number of aryl methyl sites for hydroxylation is 1. The summed E-state index contributed by atoms with van der Waals surface area (Å²) in [6.45, 7) is 2.82. The lowest BCUT2D eigenvalue weighted by Gasteiger charge is -2.16. The summed E-state index contributed by atoms with van der Waals surface area (Å²) in [6.07, 6.45) is 0.305. The fourth-order valence-electron chi connectivity index (χ4n) is 2.30. The smallest absolute Gasteiger partial charge is 0.266 e. The van der Waals surface area contributed by atoms with Crippen molar-refractivity contribution >= 4 is 22.9 Å². The number of aliphatic hydroxyl groups is 1. The Labute approximate surface area is 146 Å². The number of anilines is 1. The van der Waals surface area contributed by atoms with Gasteiger partial charge in [0, 0.05) is 12.2 Å². The molecule has 2 rings (SSSR count). The monoisotopic (exact) mass is 348 g/mol. The summed E-state index contributed by atoms with van der Waals surface area (Å²) in [5, 5.41) is 14.6. The largest absolute Gasteiger partial charge is 0.491 e. The number of benzene rings is 1. The molecule has 0 saturated carbocycles. The lowest BCUT2D eigenvalue weighted by atomic mass is 10.2. The molecule has 6 heteroatoms. The number of hydrogen-bond acceptors (Lipinski definition) is 5. The molecule has 1 unspecified atom stereocenters. The number of likely N-dealkylation sites (N-methyl/N-ethyl adjacent to an activating group) is 1. The normalized spacial score (nSPS) is 12.2. The Balaban J connectivity index is 1.89. The Bertz CT molecular complexity index is 653. The van der Waals surface area contributed by atoms with Crippen molar-refractivity contribution in [3.8, 4) is 5.75 Å². The van der Waals surface area contributed by atoms with Gasteiger partial charge in [-0.05, 0) is 61.8 Å². The van der Waals surface area contributed by atoms with Gasteiger partial charge in [-0.2, -0.15) is 0 Å². The van der Waals surface area contributed by atoms with Crippen molar-refractivity contribution in [2.45, 2.75) is 19.4 Å². The number of amides is 1. The Kier molecular flexibility index (Phi) is 6.78. The van der Waals surface area contributed by atoms with Gasteiger partial charge >= 0.3 is 0 Å². The van der Waals surface area contributed by atoms with Crippen LogP contribution >= 0.6 is 11.3 Å². The van der Waals surface area contributed by atoms with Gasteiger partial charge in [-0.1, -0.05) is 6.92 Å². The zero-order valence-electron chi connectivity index (χ0n) is 14.3. The molecule has 1 heterocycles. The Hall–Kier alpha value is -1.89. The second-order valence-corrected chi connectivity index (χ2v) is 6.75. The lowest BCUT2D eigenvalue weighted by Crippen LogP contribution is -2.30. The van der Waals surface area contributed by atoms with E-state index < -0.39 is 6.10 Å². The highest BCUT2D eigenvalue weighted by Gasteiger charge is 2.12. The minimum atomic E-state index is -0.536. The van der Waals surface area contributed by atoms with E-state index in [1.807, 2.05) is 37.4 Å². The molecule has 1 amide bonds. The van der Waals surface area contributed by atoms with Gasteiger partial charge in [-0.25, -0.2) is 0 Å². The van der Waals surface area contributed by atoms with Crippen molar-refractivity contribution in [2.24, 2.45) is 0 Å². The summed E-state index contributed by atoms with van der Waals surface area (Å²) < 4.78 is 5.55. The Morgan fingerprint density at radius 1 is 1.29 bits per heavy atom. The van der Waals surface area contributed by atoms with Gasteiger partial charge in [0.2, 0.25) is 0 Å². The molecule has 0 bridgehead atoms. The average molecular weight is 348 g/mol. The first-order valence-corrected chi connectivity index (χ1v) is 8.81. The third-order valence-corrected chi connectivity index (χ3v) is 4.42. The van der Waals surface area contributed by atoms with Gasteiger partial charge in [-0.15, -0.1) is 11.3 Å². The van der Waals surface area contributed by atoms with Crippen molar-refractivity contribution in [1.29, 1.82) is 0 Å². The second kappa shape index (κ2) is 8.82. The van der Waals surface area contributed by atoms with E-state index in [1.54, 1.807) is 24.3 Å². The van der Waals surface area contributed by atoms with Crippen molar-refractivity contribution in [3.05, 3.63) is 46.2 Å². The third-order valence-electron chi connectivity index (χ3n) is 3.46. The van der Waals surface area contributed by atoms with Crippen LogP contribution in [0.4, 0.5) is 5.69 Å². The van der Waals surface area contributed by atoms with Crippen LogP contribution in [0.2, 0.25) is 0 Å². The minimum absolute atomic E-state index is 0.0862. The van der Waals surface area contributed by atoms with Gasteiger partial charge < -0.3 is 20.1 Å². The van der Waals surface area contributed by atoms with E-state index in [9.17, 15) is 9.90 Å². The van der Waals surface area contributed by atoms with Gasteiger partial charge in [0.25, 0.3) is 5.91 Å². The van der Waals surface area contributed by atoms with Crippen molar-refractivity contribution in [2.75, 3.05) is 32.6 Å². The summed E-state index contributed by atoms with van der Waals surface area (Å²) in [5.74, 6) is 0.577. The van der Waals surface area contributed by atoms with Crippen LogP contribution in [0.5, 0.6) is 5.75 Å². The van der Waals surface area contributed by atoms with Gasteiger partial charge in [0.15, 0.2) is 0 Å². The van der Waals surface area contributed by atoms with Gasteiger partial charge in [0.05, 0.1) is 4.88 Å². The first-order valence-electron chi connectivity index (χ1n) is 7.93. The molecule has 1 aromatic carbocycles. The molecule has 0 radical (unpaired) electrons. The molecule has 0 fully saturated rings. The molecule has 0 aliphatic carbocycles. The average Bonchev–Trinajstić information content (AvgIpc) is 3.02. The quantitative estimate of drug-likeness (QED) is 0.770. The number of carbonyl (C=O) groups is 1. The van der Waals surface area contributed by atoms with Gasteiger partial charge in [-0.3, -0.25) is 4.79 Å². The van der Waals surface area contributed by atoms with Crippen LogP contribution in [-0.4, -0.2) is 49.3 Å². The molecule has 0 aliphatic heterocycles. The van der Waals surface area contributed by atoms with Crippen molar-refractivity contribution < 1.29 is 14.6 Å². The number of hydrogen-bond donors (Lipinski definition) is 2. The van der Waals surface area contributed by atoms with Crippen LogP contribution in [0.3, 0.4) is 0 Å². The predicted molar refractivity (Wildman–Crippen MR) is 98.1 cm³/mol. The van der Waals surface area contributed by atoms with E-state index in [0.717, 1.165) is 22.5 Å². The molecular formula is C18H24N2O3S. The summed E-state index contributed by atoms with van der Waals surface area (Å²) >= 11 is 1.45. The van der Waals surface area contributed by atoms with Crippen molar-refractivity contribution in [3.63, 3.8) is 0 Å². The summed E-state index contributed by atoms with van der Waals surface area (Å²) in [5.41, 5.74) is 1.78. The van der Waals surface area contributed by atoms with Crippen molar-refractivity contribution in [1.82, 2.24) is 4.90 Å². The number of rotatable bonds is 8. The number of nitrogens with zero attached hydrogens (tertiary/aromatic N) is 1. The summed E-state index contributed by atoms with van der Waals surface area (Å²) in [7, 11) is 3.80. The fraction of sp³-hybridized carbons (Fsp3) is 0.389. The summed E-state index contributed by atoms with van der Waals surface area (Å²) in [6, 6.07) is 9.14. The molecule has 0 aliphatic rings. The predicted octanol–water partition coefficient (Wildman–Crippen LogP) is 2.86. The Morgan fingerprint density at radius 3 is 2.62 bits per heavy atom. The summed E-state index contributed by atoms with van der Waals surface area (Å²) in [4.78, 5) is 14.9. The van der Waals surface area contributed by atoms with Crippen LogP contribution in [-0.2, 0) is 6.42 Å². The van der Waals surface area contributed by atoms with E-state index in [2.05, 4.69) is 5.32 Å². The van der Waals surface area contributed by atoms with E-state index in [-0.39, 0.29) is 12.5 Å². The van der Waals surface area contributed by atoms with Crippen LogP contribution < -0.4 is 10.1 Å². The number of nitrogens with one attached hydrogen (secondary N) is 1. The van der Waals surface area contributed by atoms with E-state index >= 15 is 0 Å². The fourth-order valence-corrected chi connectivity index (χ4v) is 3.19.